The first-order valence-corrected chi connectivity index (χ1v) is 11.8. The van der Waals surface area contributed by atoms with Crippen molar-refractivity contribution in [3.8, 4) is 0 Å². The number of rotatable bonds is 14. The average Bonchev–Trinajstić information content (AvgIpc) is 2.84. The van der Waals surface area contributed by atoms with Crippen LogP contribution in [0, 0.1) is 0 Å². The third-order valence-corrected chi connectivity index (χ3v) is 5.66. The van der Waals surface area contributed by atoms with Gasteiger partial charge in [-0.2, -0.15) is 15.0 Å². The minimum atomic E-state index is -0.970. The van der Waals surface area contributed by atoms with Crippen molar-refractivity contribution in [3.63, 3.8) is 0 Å². The summed E-state index contributed by atoms with van der Waals surface area (Å²) < 4.78 is 0. The molecule has 0 amide bonds. The molecule has 186 valence electrons. The quantitative estimate of drug-likeness (QED) is 0.243. The van der Waals surface area contributed by atoms with E-state index in [1.807, 2.05) is 12.1 Å². The lowest BCUT2D eigenvalue weighted by atomic mass is 10.1. The van der Waals surface area contributed by atoms with Crippen molar-refractivity contribution in [3.05, 3.63) is 30.1 Å². The number of anilines is 3. The van der Waals surface area contributed by atoms with Crippen LogP contribution in [0.25, 0.3) is 0 Å². The number of carbonyl (C=O) groups is 1. The van der Waals surface area contributed by atoms with Gasteiger partial charge in [0.05, 0.1) is 0 Å². The Labute approximate surface area is 200 Å². The van der Waals surface area contributed by atoms with Gasteiger partial charge in [0.15, 0.2) is 0 Å². The first-order valence-electron chi connectivity index (χ1n) is 11.8. The van der Waals surface area contributed by atoms with Crippen LogP contribution in [-0.4, -0.2) is 99.7 Å². The SMILES string of the molecule is CN1CCN(CCNc2nc(NCCCC[C@H](N)C(=O)O)nc(NCc3cccnc3)n2)CC1. The number of hydrogen-bond acceptors (Lipinski definition) is 11. The van der Waals surface area contributed by atoms with E-state index in [-0.39, 0.29) is 0 Å². The summed E-state index contributed by atoms with van der Waals surface area (Å²) in [5.74, 6) is 0.472. The van der Waals surface area contributed by atoms with E-state index < -0.39 is 12.0 Å². The molecule has 0 radical (unpaired) electrons. The summed E-state index contributed by atoms with van der Waals surface area (Å²) in [6.07, 6.45) is 5.43. The topological polar surface area (TPSA) is 157 Å². The smallest absolute Gasteiger partial charge is 0.320 e. The summed E-state index contributed by atoms with van der Waals surface area (Å²) in [5.41, 5.74) is 6.58. The molecule has 2 aromatic heterocycles. The Bertz CT molecular complexity index is 877. The van der Waals surface area contributed by atoms with Crippen molar-refractivity contribution in [1.29, 1.82) is 0 Å². The first-order chi connectivity index (χ1) is 16.5. The van der Waals surface area contributed by atoms with Gasteiger partial charge in [-0.1, -0.05) is 6.07 Å². The zero-order valence-corrected chi connectivity index (χ0v) is 19.8. The molecular weight excluding hydrogens is 436 g/mol. The Morgan fingerprint density at radius 2 is 1.74 bits per heavy atom. The second kappa shape index (κ2) is 13.6. The van der Waals surface area contributed by atoms with Crippen molar-refractivity contribution in [2.24, 2.45) is 5.73 Å². The Morgan fingerprint density at radius 3 is 2.38 bits per heavy atom. The maximum atomic E-state index is 10.8. The van der Waals surface area contributed by atoms with Gasteiger partial charge in [0.2, 0.25) is 17.8 Å². The number of nitrogens with zero attached hydrogens (tertiary/aromatic N) is 6. The zero-order valence-electron chi connectivity index (χ0n) is 19.8. The molecule has 6 N–H and O–H groups in total. The number of nitrogens with one attached hydrogen (secondary N) is 3. The van der Waals surface area contributed by atoms with Crippen molar-refractivity contribution in [2.45, 2.75) is 31.8 Å². The molecule has 0 saturated carbocycles. The van der Waals surface area contributed by atoms with Crippen molar-refractivity contribution < 1.29 is 9.90 Å². The Kier molecular flexibility index (Phi) is 10.2. The van der Waals surface area contributed by atoms with E-state index >= 15 is 0 Å². The number of carboxylic acids is 1. The van der Waals surface area contributed by atoms with E-state index in [9.17, 15) is 4.79 Å². The van der Waals surface area contributed by atoms with E-state index in [1.165, 1.54) is 0 Å². The molecule has 1 aliphatic rings. The lowest BCUT2D eigenvalue weighted by Gasteiger charge is -2.32. The Morgan fingerprint density at radius 1 is 1.06 bits per heavy atom. The fourth-order valence-electron chi connectivity index (χ4n) is 3.51. The average molecular weight is 473 g/mol. The molecule has 0 aliphatic carbocycles. The molecule has 2 aromatic rings. The van der Waals surface area contributed by atoms with Crippen LogP contribution in [0.1, 0.15) is 24.8 Å². The van der Waals surface area contributed by atoms with Crippen LogP contribution in [0.4, 0.5) is 17.8 Å². The lowest BCUT2D eigenvalue weighted by molar-refractivity contribution is -0.138. The summed E-state index contributed by atoms with van der Waals surface area (Å²) in [6.45, 7) is 7.10. The minimum Gasteiger partial charge on any atom is -0.480 e. The minimum absolute atomic E-state index is 0.436. The third kappa shape index (κ3) is 9.04. The second-order valence-corrected chi connectivity index (χ2v) is 8.46. The van der Waals surface area contributed by atoms with E-state index in [0.29, 0.717) is 43.8 Å². The number of pyridine rings is 1. The molecular formula is C22H36N10O2. The number of aromatic nitrogens is 4. The Hall–Kier alpha value is -3.09. The molecule has 0 aromatic carbocycles. The molecule has 12 nitrogen and oxygen atoms in total. The van der Waals surface area contributed by atoms with Crippen molar-refractivity contribution in [2.75, 3.05) is 68.8 Å². The number of carboxylic acid groups (broad SMARTS) is 1. The third-order valence-electron chi connectivity index (χ3n) is 5.66. The zero-order chi connectivity index (χ0) is 24.2. The molecule has 34 heavy (non-hydrogen) atoms. The molecule has 1 aliphatic heterocycles. The highest BCUT2D eigenvalue weighted by Crippen LogP contribution is 2.11. The monoisotopic (exact) mass is 472 g/mol. The molecule has 1 fully saturated rings. The van der Waals surface area contributed by atoms with Gasteiger partial charge in [-0.15, -0.1) is 0 Å². The number of unbranched alkanes of at least 4 members (excludes halogenated alkanes) is 1. The number of aliphatic carboxylic acids is 1. The number of piperazine rings is 1. The summed E-state index contributed by atoms with van der Waals surface area (Å²) in [4.78, 5) is 33.2. The van der Waals surface area contributed by atoms with Crippen molar-refractivity contribution >= 4 is 23.8 Å². The van der Waals surface area contributed by atoms with Gasteiger partial charge < -0.3 is 31.7 Å². The summed E-state index contributed by atoms with van der Waals surface area (Å²) in [6, 6.07) is 3.05. The molecule has 0 spiro atoms. The number of hydrogen-bond donors (Lipinski definition) is 5. The summed E-state index contributed by atoms with van der Waals surface area (Å²) in [7, 11) is 2.15. The standard InChI is InChI=1S/C22H36N10O2/c1-31-11-13-32(14-12-31)10-9-26-21-28-20(25-8-3-2-6-18(23)19(33)34)29-22(30-21)27-16-17-5-4-7-24-15-17/h4-5,7,15,18H,2-3,6,8-14,16,23H2,1H3,(H,33,34)(H3,25,26,27,28,29,30)/t18-/m0/s1. The highest BCUT2D eigenvalue weighted by Gasteiger charge is 2.14. The van der Waals surface area contributed by atoms with Crippen LogP contribution in [0.5, 0.6) is 0 Å². The predicted molar refractivity (Wildman–Crippen MR) is 132 cm³/mol. The van der Waals surface area contributed by atoms with Crippen molar-refractivity contribution in [1.82, 2.24) is 29.7 Å². The molecule has 3 heterocycles. The fraction of sp³-hybridized carbons (Fsp3) is 0.591. The van der Waals surface area contributed by atoms with Gasteiger partial charge >= 0.3 is 5.97 Å². The van der Waals surface area contributed by atoms with Gasteiger partial charge in [-0.25, -0.2) is 0 Å². The molecule has 12 heteroatoms. The van der Waals surface area contributed by atoms with Crippen LogP contribution in [-0.2, 0) is 11.3 Å². The van der Waals surface area contributed by atoms with Gasteiger partial charge in [0.25, 0.3) is 0 Å². The second-order valence-electron chi connectivity index (χ2n) is 8.46. The van der Waals surface area contributed by atoms with Crippen LogP contribution in [0.2, 0.25) is 0 Å². The van der Waals surface area contributed by atoms with Gasteiger partial charge in [-0.05, 0) is 37.9 Å². The van der Waals surface area contributed by atoms with Crippen LogP contribution in [0.15, 0.2) is 24.5 Å². The highest BCUT2D eigenvalue weighted by atomic mass is 16.4. The lowest BCUT2D eigenvalue weighted by Crippen LogP contribution is -2.45. The molecule has 1 atom stereocenters. The van der Waals surface area contributed by atoms with E-state index in [4.69, 9.17) is 10.8 Å². The normalized spacial score (nSPS) is 15.6. The summed E-state index contributed by atoms with van der Waals surface area (Å²) >= 11 is 0. The predicted octanol–water partition coefficient (Wildman–Crippen LogP) is 0.532. The maximum Gasteiger partial charge on any atom is 0.320 e. The Balaban J connectivity index is 1.53. The van der Waals surface area contributed by atoms with Gasteiger partial charge in [0.1, 0.15) is 6.04 Å². The maximum absolute atomic E-state index is 10.8. The summed E-state index contributed by atoms with van der Waals surface area (Å²) in [5, 5.41) is 18.7. The molecule has 1 saturated heterocycles. The molecule has 0 bridgehead atoms. The van der Waals surface area contributed by atoms with E-state index in [0.717, 1.165) is 51.3 Å². The van der Waals surface area contributed by atoms with Gasteiger partial charge in [0, 0.05) is 64.8 Å². The van der Waals surface area contributed by atoms with E-state index in [2.05, 4.69) is 52.7 Å². The van der Waals surface area contributed by atoms with Crippen LogP contribution >= 0.6 is 0 Å². The molecule has 3 rings (SSSR count). The number of nitrogens with two attached hydrogens (primary N) is 1. The first kappa shape index (κ1) is 25.5. The molecule has 0 unspecified atom stereocenters. The van der Waals surface area contributed by atoms with Gasteiger partial charge in [-0.3, -0.25) is 14.7 Å². The largest absolute Gasteiger partial charge is 0.480 e. The fourth-order valence-corrected chi connectivity index (χ4v) is 3.51. The van der Waals surface area contributed by atoms with Crippen LogP contribution in [0.3, 0.4) is 0 Å². The number of likely N-dealkylation sites (N-methyl/N-ethyl adjacent to an activating group) is 1. The van der Waals surface area contributed by atoms with E-state index in [1.54, 1.807) is 12.4 Å². The highest BCUT2D eigenvalue weighted by molar-refractivity contribution is 5.72. The van der Waals surface area contributed by atoms with Crippen LogP contribution < -0.4 is 21.7 Å².